The van der Waals surface area contributed by atoms with Gasteiger partial charge in [0.1, 0.15) is 0 Å². The summed E-state index contributed by atoms with van der Waals surface area (Å²) in [6.07, 6.45) is 3.22. The minimum absolute atomic E-state index is 0.0515. The first kappa shape index (κ1) is 14.8. The van der Waals surface area contributed by atoms with Gasteiger partial charge >= 0.3 is 7.12 Å². The summed E-state index contributed by atoms with van der Waals surface area (Å²) in [6, 6.07) is 0.290. The number of fused-ring (bicyclic) bond motifs is 1. The molecule has 0 radical (unpaired) electrons. The fourth-order valence-electron chi connectivity index (χ4n) is 3.60. The van der Waals surface area contributed by atoms with Crippen LogP contribution in [0.2, 0.25) is 6.32 Å². The van der Waals surface area contributed by atoms with Crippen molar-refractivity contribution < 1.29 is 14.8 Å². The highest BCUT2D eigenvalue weighted by Gasteiger charge is 2.51. The fourth-order valence-corrected chi connectivity index (χ4v) is 3.60. The lowest BCUT2D eigenvalue weighted by Gasteiger charge is -2.32. The summed E-state index contributed by atoms with van der Waals surface area (Å²) in [5, 5.41) is 21.3. The Kier molecular flexibility index (Phi) is 4.53. The largest absolute Gasteiger partial charge is 0.451 e. The lowest BCUT2D eigenvalue weighted by atomic mass is 9.74. The minimum atomic E-state index is -1.21. The van der Waals surface area contributed by atoms with Crippen LogP contribution in [0, 0.1) is 11.3 Å². The molecule has 2 heterocycles. The number of nitrogens with zero attached hydrogens (tertiary/aromatic N) is 1. The normalized spacial score (nSPS) is 29.9. The standard InChI is InChI=1S/C13H25BN2O3/c1-10(2)12(17)16-7-5-13(4-3-6-14(18)19)9-15-8-11(13)16/h10-11,15,18-19H,3-9H2,1-2H3/t11-,13+/m0/s1. The van der Waals surface area contributed by atoms with Crippen molar-refractivity contribution in [1.29, 1.82) is 0 Å². The molecule has 2 fully saturated rings. The molecule has 0 bridgehead atoms. The lowest BCUT2D eigenvalue weighted by molar-refractivity contribution is -0.135. The van der Waals surface area contributed by atoms with Gasteiger partial charge in [0.15, 0.2) is 0 Å². The fraction of sp³-hybridized carbons (Fsp3) is 0.923. The van der Waals surface area contributed by atoms with E-state index in [1.54, 1.807) is 0 Å². The molecule has 0 aromatic heterocycles. The molecule has 0 saturated carbocycles. The van der Waals surface area contributed by atoms with E-state index in [-0.39, 0.29) is 17.2 Å². The predicted octanol–water partition coefficient (Wildman–Crippen LogP) is 0.0859. The SMILES string of the molecule is CC(C)C(=O)N1CC[C@]2(CCCB(O)O)CNC[C@H]12. The van der Waals surface area contributed by atoms with Crippen LogP contribution in [-0.4, -0.2) is 53.6 Å². The van der Waals surface area contributed by atoms with Crippen molar-refractivity contribution >= 4 is 13.0 Å². The molecule has 108 valence electrons. The highest BCUT2D eigenvalue weighted by atomic mass is 16.4. The van der Waals surface area contributed by atoms with Crippen LogP contribution in [0.25, 0.3) is 0 Å². The molecule has 0 unspecified atom stereocenters. The van der Waals surface area contributed by atoms with E-state index < -0.39 is 7.12 Å². The van der Waals surface area contributed by atoms with Gasteiger partial charge in [-0.25, -0.2) is 0 Å². The maximum Gasteiger partial charge on any atom is 0.451 e. The average Bonchev–Trinajstić information content (AvgIpc) is 2.85. The molecule has 2 saturated heterocycles. The molecule has 2 rings (SSSR count). The van der Waals surface area contributed by atoms with Gasteiger partial charge in [0.05, 0.1) is 6.04 Å². The molecule has 0 aliphatic carbocycles. The summed E-state index contributed by atoms with van der Waals surface area (Å²) in [5.41, 5.74) is 0.152. The van der Waals surface area contributed by atoms with Crippen LogP contribution in [0.5, 0.6) is 0 Å². The van der Waals surface area contributed by atoms with Crippen molar-refractivity contribution in [2.45, 2.75) is 45.5 Å². The maximum atomic E-state index is 12.2. The average molecular weight is 268 g/mol. The highest BCUT2D eigenvalue weighted by Crippen LogP contribution is 2.44. The summed E-state index contributed by atoms with van der Waals surface area (Å²) < 4.78 is 0. The number of hydrogen-bond acceptors (Lipinski definition) is 4. The minimum Gasteiger partial charge on any atom is -0.427 e. The number of amides is 1. The van der Waals surface area contributed by atoms with Crippen molar-refractivity contribution in [1.82, 2.24) is 10.2 Å². The van der Waals surface area contributed by atoms with Crippen molar-refractivity contribution in [2.75, 3.05) is 19.6 Å². The van der Waals surface area contributed by atoms with Crippen LogP contribution in [0.4, 0.5) is 0 Å². The van der Waals surface area contributed by atoms with Crippen LogP contribution < -0.4 is 5.32 Å². The quantitative estimate of drug-likeness (QED) is 0.618. The Bertz CT molecular complexity index is 338. The molecule has 2 aliphatic heterocycles. The Hall–Kier alpha value is -0.585. The highest BCUT2D eigenvalue weighted by molar-refractivity contribution is 6.40. The second-order valence-electron chi connectivity index (χ2n) is 6.32. The first-order valence-electron chi connectivity index (χ1n) is 7.33. The third-order valence-electron chi connectivity index (χ3n) is 4.66. The first-order chi connectivity index (χ1) is 8.96. The van der Waals surface area contributed by atoms with Crippen molar-refractivity contribution in [3.63, 3.8) is 0 Å². The Morgan fingerprint density at radius 3 is 2.89 bits per heavy atom. The smallest absolute Gasteiger partial charge is 0.427 e. The molecule has 1 amide bonds. The Morgan fingerprint density at radius 1 is 1.53 bits per heavy atom. The number of carbonyl (C=O) groups excluding carboxylic acids is 1. The van der Waals surface area contributed by atoms with E-state index >= 15 is 0 Å². The monoisotopic (exact) mass is 268 g/mol. The molecule has 2 aliphatic rings. The number of hydrogen-bond donors (Lipinski definition) is 3. The molecular formula is C13H25BN2O3. The van der Waals surface area contributed by atoms with Gasteiger partial charge in [0.25, 0.3) is 0 Å². The number of nitrogens with one attached hydrogen (secondary N) is 1. The van der Waals surface area contributed by atoms with E-state index in [1.165, 1.54) is 0 Å². The van der Waals surface area contributed by atoms with Crippen LogP contribution in [0.1, 0.15) is 33.1 Å². The number of rotatable bonds is 5. The van der Waals surface area contributed by atoms with Crippen molar-refractivity contribution in [3.8, 4) is 0 Å². The lowest BCUT2D eigenvalue weighted by Crippen LogP contribution is -2.44. The van der Waals surface area contributed by atoms with Gasteiger partial charge in [-0.05, 0) is 19.2 Å². The van der Waals surface area contributed by atoms with Gasteiger partial charge in [0, 0.05) is 31.0 Å². The Labute approximate surface area is 115 Å². The summed E-state index contributed by atoms with van der Waals surface area (Å²) in [6.45, 7) is 6.58. The predicted molar refractivity (Wildman–Crippen MR) is 74.5 cm³/mol. The zero-order valence-corrected chi connectivity index (χ0v) is 11.9. The zero-order valence-electron chi connectivity index (χ0n) is 11.9. The molecule has 0 aromatic rings. The second kappa shape index (κ2) is 5.81. The molecular weight excluding hydrogens is 243 g/mol. The Balaban J connectivity index is 1.99. The number of carbonyl (C=O) groups is 1. The van der Waals surface area contributed by atoms with Crippen molar-refractivity contribution in [3.05, 3.63) is 0 Å². The molecule has 0 spiro atoms. The van der Waals surface area contributed by atoms with Crippen LogP contribution in [0.3, 0.4) is 0 Å². The first-order valence-corrected chi connectivity index (χ1v) is 7.33. The molecule has 3 N–H and O–H groups in total. The van der Waals surface area contributed by atoms with Crippen LogP contribution >= 0.6 is 0 Å². The summed E-state index contributed by atoms with van der Waals surface area (Å²) >= 11 is 0. The van der Waals surface area contributed by atoms with Gasteiger partial charge in [-0.15, -0.1) is 0 Å². The third kappa shape index (κ3) is 2.96. The van der Waals surface area contributed by atoms with E-state index in [9.17, 15) is 4.79 Å². The van der Waals surface area contributed by atoms with E-state index in [2.05, 4.69) is 5.32 Å². The van der Waals surface area contributed by atoms with Crippen LogP contribution in [0.15, 0.2) is 0 Å². The molecule has 0 aromatic carbocycles. The van der Waals surface area contributed by atoms with Gasteiger partial charge in [0.2, 0.25) is 5.91 Å². The molecule has 6 heteroatoms. The third-order valence-corrected chi connectivity index (χ3v) is 4.66. The molecule has 5 nitrogen and oxygen atoms in total. The zero-order chi connectivity index (χ0) is 14.0. The summed E-state index contributed by atoms with van der Waals surface area (Å²) in [5.74, 6) is 0.299. The Morgan fingerprint density at radius 2 is 2.26 bits per heavy atom. The maximum absolute atomic E-state index is 12.2. The van der Waals surface area contributed by atoms with E-state index in [4.69, 9.17) is 10.0 Å². The van der Waals surface area contributed by atoms with E-state index in [1.807, 2.05) is 18.7 Å². The van der Waals surface area contributed by atoms with Crippen molar-refractivity contribution in [2.24, 2.45) is 11.3 Å². The van der Waals surface area contributed by atoms with Gasteiger partial charge in [-0.1, -0.05) is 20.3 Å². The van der Waals surface area contributed by atoms with Gasteiger partial charge in [-0.3, -0.25) is 4.79 Å². The topological polar surface area (TPSA) is 72.8 Å². The molecule has 2 atom stereocenters. The summed E-state index contributed by atoms with van der Waals surface area (Å²) in [4.78, 5) is 14.3. The van der Waals surface area contributed by atoms with Crippen LogP contribution in [-0.2, 0) is 4.79 Å². The summed E-state index contributed by atoms with van der Waals surface area (Å²) in [7, 11) is -1.21. The number of likely N-dealkylation sites (tertiary alicyclic amines) is 1. The van der Waals surface area contributed by atoms with Gasteiger partial charge in [-0.2, -0.15) is 0 Å². The second-order valence-corrected chi connectivity index (χ2v) is 6.32. The molecule has 19 heavy (non-hydrogen) atoms. The van der Waals surface area contributed by atoms with E-state index in [0.29, 0.717) is 12.4 Å². The van der Waals surface area contributed by atoms with E-state index in [0.717, 1.165) is 38.9 Å². The van der Waals surface area contributed by atoms with Gasteiger partial charge < -0.3 is 20.3 Å².